The number of rotatable bonds is 9. The van der Waals surface area contributed by atoms with Gasteiger partial charge in [0.15, 0.2) is 6.29 Å². The average Bonchev–Trinajstić information content (AvgIpc) is 2.34. The highest BCUT2D eigenvalue weighted by molar-refractivity contribution is 6.65. The Balaban J connectivity index is 3.78. The summed E-state index contributed by atoms with van der Waals surface area (Å²) in [6.07, 6.45) is 0.242. The molecule has 6 heteroatoms. The molecule has 0 fully saturated rings. The third kappa shape index (κ3) is 6.90. The van der Waals surface area contributed by atoms with Crippen molar-refractivity contribution in [3.05, 3.63) is 12.2 Å². The summed E-state index contributed by atoms with van der Waals surface area (Å²) in [6.45, 7) is 9.28. The molecule has 1 unspecified atom stereocenters. The predicted molar refractivity (Wildman–Crippen MR) is 71.4 cm³/mol. The molecule has 0 spiro atoms. The van der Waals surface area contributed by atoms with Crippen LogP contribution in [0.15, 0.2) is 12.2 Å². The molecule has 0 aliphatic carbocycles. The van der Waals surface area contributed by atoms with Gasteiger partial charge in [-0.3, -0.25) is 0 Å². The number of ether oxygens (including phenoxy) is 2. The number of hydrogen-bond donors (Lipinski definition) is 0. The van der Waals surface area contributed by atoms with Crippen molar-refractivity contribution in [3.63, 3.8) is 0 Å². The van der Waals surface area contributed by atoms with Crippen molar-refractivity contribution in [3.8, 4) is 0 Å². The summed E-state index contributed by atoms with van der Waals surface area (Å²) in [4.78, 5) is 11.2. The van der Waals surface area contributed by atoms with Crippen LogP contribution in [0.1, 0.15) is 20.3 Å². The summed E-state index contributed by atoms with van der Waals surface area (Å²) >= 11 is 0. The molecule has 0 heterocycles. The van der Waals surface area contributed by atoms with Crippen molar-refractivity contribution in [2.24, 2.45) is 0 Å². The topological polar surface area (TPSA) is 54.0 Å². The SMILES string of the molecule is C=C(C)C(=O)OC(C)OCCC[Si](C)(OC)OC. The summed E-state index contributed by atoms with van der Waals surface area (Å²) in [5, 5.41) is 0. The third-order valence-electron chi connectivity index (χ3n) is 2.61. The molecule has 18 heavy (non-hydrogen) atoms. The van der Waals surface area contributed by atoms with Crippen molar-refractivity contribution in [2.45, 2.75) is 39.1 Å². The molecule has 0 bridgehead atoms. The lowest BCUT2D eigenvalue weighted by atomic mass is 10.4. The zero-order valence-electron chi connectivity index (χ0n) is 11.9. The fourth-order valence-corrected chi connectivity index (χ4v) is 2.58. The number of hydrogen-bond acceptors (Lipinski definition) is 5. The van der Waals surface area contributed by atoms with E-state index in [0.717, 1.165) is 12.5 Å². The van der Waals surface area contributed by atoms with Crippen molar-refractivity contribution >= 4 is 14.5 Å². The second-order valence-corrected chi connectivity index (χ2v) is 7.85. The van der Waals surface area contributed by atoms with Crippen LogP contribution in [0, 0.1) is 0 Å². The van der Waals surface area contributed by atoms with Gasteiger partial charge in [0.2, 0.25) is 0 Å². The molecule has 0 aliphatic heterocycles. The highest BCUT2D eigenvalue weighted by Crippen LogP contribution is 2.14. The molecule has 1 atom stereocenters. The van der Waals surface area contributed by atoms with Crippen molar-refractivity contribution in [1.82, 2.24) is 0 Å². The van der Waals surface area contributed by atoms with E-state index in [1.54, 1.807) is 28.1 Å². The van der Waals surface area contributed by atoms with Gasteiger partial charge in [-0.05, 0) is 32.9 Å². The molecule has 0 aromatic carbocycles. The van der Waals surface area contributed by atoms with E-state index >= 15 is 0 Å². The maximum atomic E-state index is 11.2. The van der Waals surface area contributed by atoms with Gasteiger partial charge in [0.05, 0.1) is 6.61 Å². The maximum absolute atomic E-state index is 11.2. The van der Waals surface area contributed by atoms with Crippen molar-refractivity contribution < 1.29 is 23.1 Å². The molecule has 106 valence electrons. The first-order valence-corrected chi connectivity index (χ1v) is 8.45. The number of carbonyl (C=O) groups is 1. The number of esters is 1. The van der Waals surface area contributed by atoms with Gasteiger partial charge in [-0.25, -0.2) is 4.79 Å². The first-order valence-electron chi connectivity index (χ1n) is 5.93. The van der Waals surface area contributed by atoms with Crippen LogP contribution in [-0.2, 0) is 23.1 Å². The van der Waals surface area contributed by atoms with Crippen LogP contribution in [0.5, 0.6) is 0 Å². The Morgan fingerprint density at radius 3 is 2.33 bits per heavy atom. The van der Waals surface area contributed by atoms with Crippen LogP contribution < -0.4 is 0 Å². The zero-order chi connectivity index (χ0) is 14.2. The second kappa shape index (κ2) is 8.42. The Bertz CT molecular complexity index is 276. The van der Waals surface area contributed by atoms with E-state index in [2.05, 4.69) is 6.58 Å². The average molecular weight is 276 g/mol. The molecule has 5 nitrogen and oxygen atoms in total. The Morgan fingerprint density at radius 2 is 1.89 bits per heavy atom. The van der Waals surface area contributed by atoms with E-state index in [1.807, 2.05) is 6.55 Å². The van der Waals surface area contributed by atoms with E-state index in [1.165, 1.54) is 0 Å². The largest absolute Gasteiger partial charge is 0.433 e. The molecular formula is C12H24O5Si. The minimum absolute atomic E-state index is 0.365. The van der Waals surface area contributed by atoms with Gasteiger partial charge in [-0.15, -0.1) is 0 Å². The summed E-state index contributed by atoms with van der Waals surface area (Å²) in [5.41, 5.74) is 0.365. The molecular weight excluding hydrogens is 252 g/mol. The lowest BCUT2D eigenvalue weighted by Crippen LogP contribution is -2.36. The minimum Gasteiger partial charge on any atom is -0.433 e. The summed E-state index contributed by atoms with van der Waals surface area (Å²) < 4.78 is 21.1. The molecule has 0 N–H and O–H groups in total. The van der Waals surface area contributed by atoms with Gasteiger partial charge in [-0.1, -0.05) is 6.58 Å². The fraction of sp³-hybridized carbons (Fsp3) is 0.750. The van der Waals surface area contributed by atoms with E-state index in [9.17, 15) is 4.79 Å². The highest BCUT2D eigenvalue weighted by Gasteiger charge is 2.27. The van der Waals surface area contributed by atoms with Crippen LogP contribution in [0.2, 0.25) is 12.6 Å². The van der Waals surface area contributed by atoms with Crippen molar-refractivity contribution in [2.75, 3.05) is 20.8 Å². The minimum atomic E-state index is -2.02. The maximum Gasteiger partial charge on any atom is 0.335 e. The Kier molecular flexibility index (Phi) is 8.09. The lowest BCUT2D eigenvalue weighted by molar-refractivity contribution is -0.169. The van der Waals surface area contributed by atoms with E-state index in [0.29, 0.717) is 12.2 Å². The molecule has 0 saturated carbocycles. The normalized spacial score (nSPS) is 13.2. The quantitative estimate of drug-likeness (QED) is 0.212. The van der Waals surface area contributed by atoms with Crippen LogP contribution in [0.25, 0.3) is 0 Å². The third-order valence-corrected chi connectivity index (χ3v) is 5.60. The predicted octanol–water partition coefficient (Wildman–Crippen LogP) is 2.22. The standard InChI is InChI=1S/C12H24O5Si/c1-10(2)12(13)17-11(3)16-8-7-9-18(6,14-4)15-5/h11H,1,7-9H2,2-6H3. The summed E-state index contributed by atoms with van der Waals surface area (Å²) in [7, 11) is 1.30. The van der Waals surface area contributed by atoms with Gasteiger partial charge in [0.25, 0.3) is 0 Å². The summed E-state index contributed by atoms with van der Waals surface area (Å²) in [5.74, 6) is -0.435. The van der Waals surface area contributed by atoms with Crippen LogP contribution >= 0.6 is 0 Å². The first kappa shape index (κ1) is 17.3. The Hall–Kier alpha value is -0.693. The Labute approximate surface area is 110 Å². The van der Waals surface area contributed by atoms with Crippen molar-refractivity contribution in [1.29, 1.82) is 0 Å². The van der Waals surface area contributed by atoms with Gasteiger partial charge < -0.3 is 18.3 Å². The van der Waals surface area contributed by atoms with Gasteiger partial charge in [0.1, 0.15) is 0 Å². The van der Waals surface area contributed by atoms with Crippen LogP contribution in [0.4, 0.5) is 0 Å². The summed E-state index contributed by atoms with van der Waals surface area (Å²) in [6, 6.07) is 0.834. The number of carbonyl (C=O) groups excluding carboxylic acids is 1. The lowest BCUT2D eigenvalue weighted by Gasteiger charge is -2.22. The molecule has 0 rings (SSSR count). The highest BCUT2D eigenvalue weighted by atomic mass is 28.4. The van der Waals surface area contributed by atoms with E-state index in [-0.39, 0.29) is 0 Å². The van der Waals surface area contributed by atoms with E-state index < -0.39 is 20.8 Å². The van der Waals surface area contributed by atoms with Gasteiger partial charge >= 0.3 is 14.5 Å². The zero-order valence-corrected chi connectivity index (χ0v) is 12.9. The molecule has 0 aromatic heterocycles. The van der Waals surface area contributed by atoms with Crippen LogP contribution in [0.3, 0.4) is 0 Å². The Morgan fingerprint density at radius 1 is 1.33 bits per heavy atom. The van der Waals surface area contributed by atoms with E-state index in [4.69, 9.17) is 18.3 Å². The molecule has 0 aromatic rings. The first-order chi connectivity index (χ1) is 8.34. The van der Waals surface area contributed by atoms with Gasteiger partial charge in [0, 0.05) is 19.8 Å². The molecule has 0 saturated heterocycles. The smallest absolute Gasteiger partial charge is 0.335 e. The fourth-order valence-electron chi connectivity index (χ4n) is 1.22. The molecule has 0 radical (unpaired) electrons. The van der Waals surface area contributed by atoms with Gasteiger partial charge in [-0.2, -0.15) is 0 Å². The second-order valence-electron chi connectivity index (χ2n) is 4.27. The molecule has 0 amide bonds. The van der Waals surface area contributed by atoms with Crippen LogP contribution in [-0.4, -0.2) is 41.6 Å². The molecule has 0 aliphatic rings. The monoisotopic (exact) mass is 276 g/mol.